The first-order valence-corrected chi connectivity index (χ1v) is 18.2. The zero-order valence-electron chi connectivity index (χ0n) is 27.0. The summed E-state index contributed by atoms with van der Waals surface area (Å²) in [7, 11) is -0.615. The van der Waals surface area contributed by atoms with Crippen LogP contribution in [0.25, 0.3) is 11.2 Å². The molecule has 12 heteroatoms. The third-order valence-corrected chi connectivity index (χ3v) is 8.59. The molecular weight excluding hydrogens is 569 g/mol. The highest BCUT2D eigenvalue weighted by molar-refractivity contribution is 7.52. The maximum Gasteiger partial charge on any atom is 0.353 e. The number of ether oxygens (including phenoxy) is 3. The van der Waals surface area contributed by atoms with Gasteiger partial charge < -0.3 is 33.5 Å². The molecule has 0 radical (unpaired) electrons. The molecule has 1 unspecified atom stereocenters. The van der Waals surface area contributed by atoms with E-state index in [2.05, 4.69) is 27.2 Å². The van der Waals surface area contributed by atoms with E-state index >= 15 is 0 Å². The van der Waals surface area contributed by atoms with Crippen LogP contribution in [0.1, 0.15) is 110 Å². The number of aromatic nitrogens is 4. The standard InChI is InChI=1S/C31H58N5O6P/c1-4-5-6-7-8-9-10-11-12-13-14-15-16-17-18-19-20-40-21-22-42-43(37,38)27-41-28(24-39-3)23-36-26-35-29-30(32-2)33-25-34-31(29)36/h25-26,28H,4-24,27H2,1-3H3,(H,37,38)(H,32,33,34)/t28-/m0/s1. The summed E-state index contributed by atoms with van der Waals surface area (Å²) < 4.78 is 36.0. The molecule has 0 saturated carbocycles. The normalized spacial score (nSPS) is 13.9. The number of imidazole rings is 1. The molecule has 0 bridgehead atoms. The molecule has 0 spiro atoms. The Hall–Kier alpha value is -1.62. The lowest BCUT2D eigenvalue weighted by molar-refractivity contribution is 0.00122. The van der Waals surface area contributed by atoms with E-state index in [1.54, 1.807) is 25.1 Å². The topological polar surface area (TPSA) is 130 Å². The fraction of sp³-hybridized carbons (Fsp3) is 0.839. The van der Waals surface area contributed by atoms with Gasteiger partial charge >= 0.3 is 7.60 Å². The van der Waals surface area contributed by atoms with Crippen LogP contribution in [-0.2, 0) is 29.8 Å². The van der Waals surface area contributed by atoms with Crippen LogP contribution in [0.4, 0.5) is 5.82 Å². The van der Waals surface area contributed by atoms with Crippen molar-refractivity contribution < 1.29 is 28.2 Å². The minimum absolute atomic E-state index is 0.0425. The van der Waals surface area contributed by atoms with E-state index in [0.717, 1.165) is 12.8 Å². The van der Waals surface area contributed by atoms with Gasteiger partial charge in [-0.1, -0.05) is 103 Å². The van der Waals surface area contributed by atoms with Crippen LogP contribution in [-0.4, -0.2) is 77.4 Å². The Balaban J connectivity index is 1.45. The maximum absolute atomic E-state index is 12.5. The first-order valence-electron chi connectivity index (χ1n) is 16.5. The molecule has 11 nitrogen and oxygen atoms in total. The molecule has 2 aromatic rings. The number of nitrogens with zero attached hydrogens (tertiary/aromatic N) is 4. The smallest absolute Gasteiger partial charge is 0.353 e. The summed E-state index contributed by atoms with van der Waals surface area (Å²) in [5.74, 6) is 0.623. The molecule has 0 fully saturated rings. The number of unbranched alkanes of at least 4 members (excludes halogenated alkanes) is 15. The molecule has 0 aromatic carbocycles. The number of methoxy groups -OCH3 is 1. The number of rotatable bonds is 29. The van der Waals surface area contributed by atoms with Gasteiger partial charge in [0.1, 0.15) is 18.2 Å². The lowest BCUT2D eigenvalue weighted by Crippen LogP contribution is -2.26. The van der Waals surface area contributed by atoms with Crippen LogP contribution in [0.2, 0.25) is 0 Å². The summed E-state index contributed by atoms with van der Waals surface area (Å²) in [5, 5.41) is 2.99. The largest absolute Gasteiger partial charge is 0.382 e. The monoisotopic (exact) mass is 627 g/mol. The molecule has 2 heterocycles. The first-order chi connectivity index (χ1) is 21.0. The molecule has 2 atom stereocenters. The summed E-state index contributed by atoms with van der Waals surface area (Å²) in [6.07, 6.45) is 23.5. The van der Waals surface area contributed by atoms with Crippen molar-refractivity contribution >= 4 is 24.6 Å². The number of anilines is 1. The second-order valence-electron chi connectivity index (χ2n) is 11.3. The molecular formula is C31H58N5O6P. The van der Waals surface area contributed by atoms with E-state index in [-0.39, 0.29) is 19.8 Å². The van der Waals surface area contributed by atoms with Gasteiger partial charge in [-0.05, 0) is 6.42 Å². The number of hydrogen-bond donors (Lipinski definition) is 2. The highest BCUT2D eigenvalue weighted by Gasteiger charge is 2.23. The van der Waals surface area contributed by atoms with E-state index < -0.39 is 20.0 Å². The molecule has 2 aromatic heterocycles. The zero-order chi connectivity index (χ0) is 31.0. The van der Waals surface area contributed by atoms with Crippen LogP contribution in [0.15, 0.2) is 12.7 Å². The van der Waals surface area contributed by atoms with Crippen LogP contribution >= 0.6 is 7.60 Å². The molecule has 248 valence electrons. The van der Waals surface area contributed by atoms with Gasteiger partial charge in [0, 0.05) is 20.8 Å². The number of nitrogens with one attached hydrogen (secondary N) is 1. The van der Waals surface area contributed by atoms with E-state index in [4.69, 9.17) is 18.7 Å². The molecule has 0 amide bonds. The Labute approximate surface area is 259 Å². The summed E-state index contributed by atoms with van der Waals surface area (Å²) in [6.45, 7) is 3.80. The predicted octanol–water partition coefficient (Wildman–Crippen LogP) is 7.34. The van der Waals surface area contributed by atoms with Gasteiger partial charge in [-0.3, -0.25) is 4.57 Å². The average molecular weight is 628 g/mol. The second kappa shape index (κ2) is 23.7. The van der Waals surface area contributed by atoms with Gasteiger partial charge in [-0.25, -0.2) is 15.0 Å². The molecule has 2 rings (SSSR count). The van der Waals surface area contributed by atoms with Crippen molar-refractivity contribution in [1.82, 2.24) is 19.5 Å². The summed E-state index contributed by atoms with van der Waals surface area (Å²) >= 11 is 0. The summed E-state index contributed by atoms with van der Waals surface area (Å²) in [6, 6.07) is 0. The average Bonchev–Trinajstić information content (AvgIpc) is 3.42. The fourth-order valence-electron chi connectivity index (χ4n) is 5.09. The first kappa shape index (κ1) is 37.6. The van der Waals surface area contributed by atoms with Gasteiger partial charge in [-0.15, -0.1) is 0 Å². The van der Waals surface area contributed by atoms with Crippen molar-refractivity contribution in [1.29, 1.82) is 0 Å². The predicted molar refractivity (Wildman–Crippen MR) is 173 cm³/mol. The molecule has 0 aliphatic heterocycles. The Morgan fingerprint density at radius 1 is 0.860 bits per heavy atom. The van der Waals surface area contributed by atoms with Crippen molar-refractivity contribution in [2.45, 2.75) is 122 Å². The van der Waals surface area contributed by atoms with Gasteiger partial charge in [0.2, 0.25) is 0 Å². The van der Waals surface area contributed by atoms with Gasteiger partial charge in [0.25, 0.3) is 0 Å². The lowest BCUT2D eigenvalue weighted by Gasteiger charge is -2.20. The Bertz CT molecular complexity index is 1010. The van der Waals surface area contributed by atoms with E-state index in [9.17, 15) is 9.46 Å². The Kier molecular flexibility index (Phi) is 20.7. The highest BCUT2D eigenvalue weighted by Crippen LogP contribution is 2.42. The quantitative estimate of drug-likeness (QED) is 0.0698. The SMILES string of the molecule is CCCCCCCCCCCCCCCCCCOCCOP(=O)(O)CO[C@H](COC)Cn1cnc2c(NC)ncnc21. The zero-order valence-corrected chi connectivity index (χ0v) is 27.9. The van der Waals surface area contributed by atoms with E-state index in [1.165, 1.54) is 96.2 Å². The molecule has 43 heavy (non-hydrogen) atoms. The highest BCUT2D eigenvalue weighted by atomic mass is 31.2. The van der Waals surface area contributed by atoms with Crippen LogP contribution in [0, 0.1) is 0 Å². The van der Waals surface area contributed by atoms with E-state index in [1.807, 2.05) is 0 Å². The van der Waals surface area contributed by atoms with Gasteiger partial charge in [0.15, 0.2) is 11.5 Å². The second-order valence-corrected chi connectivity index (χ2v) is 13.1. The molecule has 0 aliphatic carbocycles. The minimum atomic E-state index is -3.93. The number of hydrogen-bond acceptors (Lipinski definition) is 9. The third kappa shape index (κ3) is 16.9. The molecule has 0 saturated heterocycles. The maximum atomic E-state index is 12.5. The Morgan fingerprint density at radius 3 is 2.05 bits per heavy atom. The van der Waals surface area contributed by atoms with Crippen molar-refractivity contribution in [3.8, 4) is 0 Å². The van der Waals surface area contributed by atoms with Gasteiger partial charge in [0.05, 0.1) is 38.8 Å². The summed E-state index contributed by atoms with van der Waals surface area (Å²) in [5.41, 5.74) is 1.27. The van der Waals surface area contributed by atoms with Gasteiger partial charge in [-0.2, -0.15) is 0 Å². The van der Waals surface area contributed by atoms with Crippen molar-refractivity contribution in [2.75, 3.05) is 52.2 Å². The van der Waals surface area contributed by atoms with E-state index in [0.29, 0.717) is 30.1 Å². The van der Waals surface area contributed by atoms with Crippen molar-refractivity contribution in [3.63, 3.8) is 0 Å². The van der Waals surface area contributed by atoms with Crippen LogP contribution < -0.4 is 5.32 Å². The summed E-state index contributed by atoms with van der Waals surface area (Å²) in [4.78, 5) is 23.0. The number of fused-ring (bicyclic) bond motifs is 1. The lowest BCUT2D eigenvalue weighted by atomic mass is 10.0. The minimum Gasteiger partial charge on any atom is -0.382 e. The Morgan fingerprint density at radius 2 is 1.47 bits per heavy atom. The third-order valence-electron chi connectivity index (χ3n) is 7.53. The van der Waals surface area contributed by atoms with Crippen LogP contribution in [0.3, 0.4) is 0 Å². The van der Waals surface area contributed by atoms with Crippen molar-refractivity contribution in [2.24, 2.45) is 0 Å². The van der Waals surface area contributed by atoms with Crippen molar-refractivity contribution in [3.05, 3.63) is 12.7 Å². The molecule has 2 N–H and O–H groups in total. The molecule has 0 aliphatic rings. The fourth-order valence-corrected chi connectivity index (χ4v) is 5.92. The van der Waals surface area contributed by atoms with Crippen LogP contribution in [0.5, 0.6) is 0 Å².